The molecular weight excluding hydrogens is 509 g/mol. The van der Waals surface area contributed by atoms with E-state index >= 15 is 0 Å². The molecule has 7 nitrogen and oxygen atoms in total. The molecule has 1 unspecified atom stereocenters. The first-order chi connectivity index (χ1) is 18.5. The Kier molecular flexibility index (Phi) is 11.5. The molecule has 0 aliphatic rings. The van der Waals surface area contributed by atoms with E-state index in [0.29, 0.717) is 36.3 Å². The maximum Gasteiger partial charge on any atom is 0.416 e. The van der Waals surface area contributed by atoms with Gasteiger partial charge in [0, 0.05) is 18.8 Å². The summed E-state index contributed by atoms with van der Waals surface area (Å²) in [6.07, 6.45) is -4.58. The summed E-state index contributed by atoms with van der Waals surface area (Å²) in [4.78, 5) is 30.5. The largest absolute Gasteiger partial charge is 0.463 e. The van der Waals surface area contributed by atoms with Crippen LogP contribution in [0.15, 0.2) is 59.7 Å². The number of nitrogens with one attached hydrogen (secondary N) is 1. The van der Waals surface area contributed by atoms with Crippen LogP contribution in [0.4, 0.5) is 23.7 Å². The minimum Gasteiger partial charge on any atom is -0.463 e. The first-order valence-corrected chi connectivity index (χ1v) is 12.8. The maximum absolute atomic E-state index is 13.8. The average molecular weight is 545 g/mol. The Morgan fingerprint density at radius 1 is 1.03 bits per heavy atom. The number of anilines is 1. The van der Waals surface area contributed by atoms with Gasteiger partial charge < -0.3 is 19.9 Å². The number of nitriles is 1. The molecule has 0 spiro atoms. The summed E-state index contributed by atoms with van der Waals surface area (Å²) in [6.45, 7) is 11.3. The molecule has 39 heavy (non-hydrogen) atoms. The molecule has 2 rings (SSSR count). The fourth-order valence-corrected chi connectivity index (χ4v) is 4.15. The molecule has 0 saturated carbocycles. The third-order valence-corrected chi connectivity index (χ3v) is 6.23. The number of amides is 2. The summed E-state index contributed by atoms with van der Waals surface area (Å²) in [6, 6.07) is 11.3. The highest BCUT2D eigenvalue weighted by Gasteiger charge is 2.35. The lowest BCUT2D eigenvalue weighted by Crippen LogP contribution is -2.44. The van der Waals surface area contributed by atoms with Crippen LogP contribution in [-0.4, -0.2) is 54.6 Å². The quantitative estimate of drug-likeness (QED) is 0.262. The fraction of sp³-hybridized carbons (Fsp3) is 0.414. The lowest BCUT2D eigenvalue weighted by molar-refractivity contribution is -0.139. The molecule has 0 aliphatic heterocycles. The highest BCUT2D eigenvalue weighted by molar-refractivity contribution is 5.94. The second-order valence-corrected chi connectivity index (χ2v) is 9.00. The number of benzene rings is 2. The zero-order chi connectivity index (χ0) is 29.2. The van der Waals surface area contributed by atoms with E-state index < -0.39 is 29.8 Å². The molecule has 0 radical (unpaired) electrons. The van der Waals surface area contributed by atoms with Gasteiger partial charge in [-0.15, -0.1) is 0 Å². The van der Waals surface area contributed by atoms with Crippen LogP contribution in [0.3, 0.4) is 0 Å². The van der Waals surface area contributed by atoms with Gasteiger partial charge in [-0.2, -0.15) is 18.4 Å². The van der Waals surface area contributed by atoms with Crippen molar-refractivity contribution in [3.63, 3.8) is 0 Å². The molecule has 0 heterocycles. The number of esters is 1. The van der Waals surface area contributed by atoms with Gasteiger partial charge in [0.05, 0.1) is 35.4 Å². The number of likely N-dealkylation sites (N-methyl/N-ethyl adjacent to an activating group) is 1. The standard InChI is InChI=1S/C29H35F3N4O3/c1-6-35(7-2)16-17-36(28(38)34-24-11-9-10-23(18-24)29(30,31)32)26(22-14-12-21(19-33)13-15-22)25(20(4)5)27(37)39-8-3/h9-15,18,26H,6-8,16-17H2,1-5H3,(H,34,38). The Morgan fingerprint density at radius 2 is 1.67 bits per heavy atom. The van der Waals surface area contributed by atoms with Crippen molar-refractivity contribution in [1.29, 1.82) is 5.26 Å². The van der Waals surface area contributed by atoms with Crippen molar-refractivity contribution < 1.29 is 27.5 Å². The number of ether oxygens (including phenoxy) is 1. The number of nitrogens with zero attached hydrogens (tertiary/aromatic N) is 3. The van der Waals surface area contributed by atoms with E-state index in [1.54, 1.807) is 45.0 Å². The molecule has 0 aliphatic carbocycles. The zero-order valence-corrected chi connectivity index (χ0v) is 22.9. The SMILES string of the molecule is CCOC(=O)C(=C(C)C)C(c1ccc(C#N)cc1)N(CCN(CC)CC)C(=O)Nc1cccc(C(F)(F)F)c1. The number of halogens is 3. The molecule has 1 atom stereocenters. The van der Waals surface area contributed by atoms with Gasteiger partial charge in [-0.3, -0.25) is 0 Å². The molecular formula is C29H35F3N4O3. The second kappa shape index (κ2) is 14.4. The van der Waals surface area contributed by atoms with Gasteiger partial charge in [-0.1, -0.05) is 37.6 Å². The van der Waals surface area contributed by atoms with E-state index in [4.69, 9.17) is 4.74 Å². The Hall–Kier alpha value is -3.84. The average Bonchev–Trinajstić information content (AvgIpc) is 2.90. The third-order valence-electron chi connectivity index (χ3n) is 6.23. The first-order valence-electron chi connectivity index (χ1n) is 12.8. The molecule has 0 saturated heterocycles. The molecule has 0 aromatic heterocycles. The minimum atomic E-state index is -4.58. The molecule has 2 aromatic rings. The molecule has 0 bridgehead atoms. The summed E-state index contributed by atoms with van der Waals surface area (Å²) in [5.74, 6) is -0.605. The monoisotopic (exact) mass is 544 g/mol. The van der Waals surface area contributed by atoms with Gasteiger partial charge in [0.15, 0.2) is 0 Å². The summed E-state index contributed by atoms with van der Waals surface area (Å²) in [5, 5.41) is 11.9. The first kappa shape index (κ1) is 31.4. The number of rotatable bonds is 11. The predicted molar refractivity (Wildman–Crippen MR) is 144 cm³/mol. The summed E-state index contributed by atoms with van der Waals surface area (Å²) in [7, 11) is 0. The Labute approximate surface area is 227 Å². The van der Waals surface area contributed by atoms with Crippen LogP contribution >= 0.6 is 0 Å². The zero-order valence-electron chi connectivity index (χ0n) is 22.9. The van der Waals surface area contributed by atoms with Gasteiger partial charge in [0.2, 0.25) is 0 Å². The molecule has 0 fully saturated rings. The van der Waals surface area contributed by atoms with Crippen LogP contribution in [0.5, 0.6) is 0 Å². The fourth-order valence-electron chi connectivity index (χ4n) is 4.15. The Morgan fingerprint density at radius 3 is 2.18 bits per heavy atom. The minimum absolute atomic E-state index is 0.0314. The van der Waals surface area contributed by atoms with E-state index in [1.165, 1.54) is 17.0 Å². The number of carbonyl (C=O) groups is 2. The molecule has 2 amide bonds. The second-order valence-electron chi connectivity index (χ2n) is 9.00. The van der Waals surface area contributed by atoms with Crippen molar-refractivity contribution in [1.82, 2.24) is 9.80 Å². The van der Waals surface area contributed by atoms with Crippen molar-refractivity contribution >= 4 is 17.7 Å². The number of hydrogen-bond acceptors (Lipinski definition) is 5. The van der Waals surface area contributed by atoms with Crippen molar-refractivity contribution in [2.24, 2.45) is 0 Å². The van der Waals surface area contributed by atoms with E-state index in [0.717, 1.165) is 12.1 Å². The van der Waals surface area contributed by atoms with Gasteiger partial charge in [-0.25, -0.2) is 9.59 Å². The van der Waals surface area contributed by atoms with Crippen LogP contribution in [-0.2, 0) is 15.7 Å². The van der Waals surface area contributed by atoms with Crippen molar-refractivity contribution in [3.8, 4) is 6.07 Å². The van der Waals surface area contributed by atoms with Crippen molar-refractivity contribution in [2.75, 3.05) is 38.1 Å². The number of hydrogen-bond donors (Lipinski definition) is 1. The van der Waals surface area contributed by atoms with Crippen LogP contribution < -0.4 is 5.32 Å². The van der Waals surface area contributed by atoms with Gasteiger partial charge in [0.1, 0.15) is 0 Å². The Bertz CT molecular complexity index is 1200. The summed E-state index contributed by atoms with van der Waals surface area (Å²) < 4.78 is 45.3. The van der Waals surface area contributed by atoms with Gasteiger partial charge in [0.25, 0.3) is 0 Å². The van der Waals surface area contributed by atoms with Crippen LogP contribution in [0.1, 0.15) is 57.4 Å². The highest BCUT2D eigenvalue weighted by atomic mass is 19.4. The lowest BCUT2D eigenvalue weighted by atomic mass is 9.93. The number of alkyl halides is 3. The maximum atomic E-state index is 13.8. The van der Waals surface area contributed by atoms with Crippen LogP contribution in [0, 0.1) is 11.3 Å². The lowest BCUT2D eigenvalue weighted by Gasteiger charge is -2.35. The van der Waals surface area contributed by atoms with E-state index in [-0.39, 0.29) is 24.4 Å². The van der Waals surface area contributed by atoms with E-state index in [1.807, 2.05) is 13.8 Å². The molecule has 210 valence electrons. The number of carbonyl (C=O) groups excluding carboxylic acids is 2. The van der Waals surface area contributed by atoms with Crippen molar-refractivity contribution in [3.05, 3.63) is 76.4 Å². The molecule has 10 heteroatoms. The normalized spacial score (nSPS) is 11.9. The van der Waals surface area contributed by atoms with Gasteiger partial charge in [-0.05, 0) is 69.8 Å². The predicted octanol–water partition coefficient (Wildman–Crippen LogP) is 6.39. The topological polar surface area (TPSA) is 85.7 Å². The number of urea groups is 1. The van der Waals surface area contributed by atoms with E-state index in [2.05, 4.69) is 16.3 Å². The molecule has 2 aromatic carbocycles. The molecule has 1 N–H and O–H groups in total. The number of allylic oxidation sites excluding steroid dienone is 1. The highest BCUT2D eigenvalue weighted by Crippen LogP contribution is 2.34. The summed E-state index contributed by atoms with van der Waals surface area (Å²) in [5.41, 5.74) is 0.876. The van der Waals surface area contributed by atoms with Crippen LogP contribution in [0.2, 0.25) is 0 Å². The summed E-state index contributed by atoms with van der Waals surface area (Å²) >= 11 is 0. The van der Waals surface area contributed by atoms with Crippen LogP contribution in [0.25, 0.3) is 0 Å². The Balaban J connectivity index is 2.66. The van der Waals surface area contributed by atoms with Gasteiger partial charge >= 0.3 is 18.2 Å². The third kappa shape index (κ3) is 8.58. The smallest absolute Gasteiger partial charge is 0.416 e. The van der Waals surface area contributed by atoms with Crippen molar-refractivity contribution in [2.45, 2.75) is 46.8 Å². The van der Waals surface area contributed by atoms with E-state index in [9.17, 15) is 28.0 Å².